The molecule has 1 aromatic heterocycles. The summed E-state index contributed by atoms with van der Waals surface area (Å²) in [6.45, 7) is 2.34. The van der Waals surface area contributed by atoms with Crippen LogP contribution in [0.25, 0.3) is 16.5 Å². The molecule has 2 heterocycles. The van der Waals surface area contributed by atoms with E-state index in [1.165, 1.54) is 49.2 Å². The summed E-state index contributed by atoms with van der Waals surface area (Å²) in [7, 11) is 0. The predicted octanol–water partition coefficient (Wildman–Crippen LogP) is 4.85. The first-order chi connectivity index (χ1) is 12.3. The molecular formula is C22H22N2O. The monoisotopic (exact) mass is 330 g/mol. The van der Waals surface area contributed by atoms with Crippen LogP contribution < -0.4 is 4.90 Å². The quantitative estimate of drug-likeness (QED) is 0.705. The summed E-state index contributed by atoms with van der Waals surface area (Å²) in [5.74, 6) is 0.264. The molecular weight excluding hydrogens is 308 g/mol. The standard InChI is InChI=1S/C22H22N2O/c25-22-21(19-6-2-3-7-20(19)23-22)18-10-8-15-14-16(9-11-17(15)18)24-12-4-1-5-13-24/h2-3,6-7,9-11,14,23,25H,1,4-5,8,12-13H2. The molecule has 2 N–H and O–H groups in total. The molecule has 5 rings (SSSR count). The largest absolute Gasteiger partial charge is 0.494 e. The van der Waals surface area contributed by atoms with Gasteiger partial charge in [-0.25, -0.2) is 0 Å². The molecule has 2 aliphatic rings. The summed E-state index contributed by atoms with van der Waals surface area (Å²) in [6, 6.07) is 14.9. The highest BCUT2D eigenvalue weighted by Gasteiger charge is 2.23. The molecule has 1 aliphatic carbocycles. The van der Waals surface area contributed by atoms with E-state index in [-0.39, 0.29) is 5.88 Å². The first-order valence-electron chi connectivity index (χ1n) is 9.20. The van der Waals surface area contributed by atoms with E-state index < -0.39 is 0 Å². The van der Waals surface area contributed by atoms with Crippen LogP contribution in [0.15, 0.2) is 48.5 Å². The van der Waals surface area contributed by atoms with Crippen LogP contribution in [0.3, 0.4) is 0 Å². The third-order valence-corrected chi connectivity index (χ3v) is 5.58. The van der Waals surface area contributed by atoms with Crippen molar-refractivity contribution in [1.82, 2.24) is 4.98 Å². The molecule has 0 bridgehead atoms. The van der Waals surface area contributed by atoms with Crippen molar-refractivity contribution in [2.75, 3.05) is 18.0 Å². The minimum atomic E-state index is 0.264. The number of hydrogen-bond donors (Lipinski definition) is 2. The van der Waals surface area contributed by atoms with E-state index in [0.29, 0.717) is 0 Å². The highest BCUT2D eigenvalue weighted by atomic mass is 16.3. The van der Waals surface area contributed by atoms with Crippen molar-refractivity contribution in [3.05, 3.63) is 65.2 Å². The summed E-state index contributed by atoms with van der Waals surface area (Å²) < 4.78 is 0. The number of aromatic nitrogens is 1. The van der Waals surface area contributed by atoms with Crippen molar-refractivity contribution < 1.29 is 5.11 Å². The van der Waals surface area contributed by atoms with Gasteiger partial charge in [0.25, 0.3) is 0 Å². The van der Waals surface area contributed by atoms with Crippen LogP contribution in [0.1, 0.15) is 36.0 Å². The van der Waals surface area contributed by atoms with Crippen molar-refractivity contribution in [1.29, 1.82) is 0 Å². The molecule has 3 aromatic rings. The van der Waals surface area contributed by atoms with Crippen molar-refractivity contribution in [2.24, 2.45) is 0 Å². The summed E-state index contributed by atoms with van der Waals surface area (Å²) in [4.78, 5) is 5.61. The summed E-state index contributed by atoms with van der Waals surface area (Å²) in [6.07, 6.45) is 7.13. The number of rotatable bonds is 2. The Hall–Kier alpha value is -2.68. The van der Waals surface area contributed by atoms with Gasteiger partial charge in [0.1, 0.15) is 0 Å². The van der Waals surface area contributed by atoms with Gasteiger partial charge >= 0.3 is 0 Å². The van der Waals surface area contributed by atoms with Gasteiger partial charge in [-0.15, -0.1) is 0 Å². The third kappa shape index (κ3) is 2.34. The highest BCUT2D eigenvalue weighted by molar-refractivity contribution is 6.01. The molecule has 126 valence electrons. The molecule has 0 atom stereocenters. The predicted molar refractivity (Wildman–Crippen MR) is 103 cm³/mol. The van der Waals surface area contributed by atoms with Gasteiger partial charge in [-0.1, -0.05) is 30.3 Å². The van der Waals surface area contributed by atoms with E-state index in [0.717, 1.165) is 28.5 Å². The number of allylic oxidation sites excluding steroid dienone is 1. The van der Waals surface area contributed by atoms with Crippen molar-refractivity contribution in [2.45, 2.75) is 25.7 Å². The van der Waals surface area contributed by atoms with Crippen molar-refractivity contribution >= 4 is 22.2 Å². The van der Waals surface area contributed by atoms with E-state index in [1.54, 1.807) is 0 Å². The first-order valence-corrected chi connectivity index (χ1v) is 9.20. The maximum Gasteiger partial charge on any atom is 0.197 e. The average Bonchev–Trinajstić information content (AvgIpc) is 3.21. The van der Waals surface area contributed by atoms with Gasteiger partial charge in [-0.05, 0) is 60.6 Å². The normalized spacial score (nSPS) is 17.0. The van der Waals surface area contributed by atoms with E-state index >= 15 is 0 Å². The number of piperidine rings is 1. The number of benzene rings is 2. The number of hydrogen-bond acceptors (Lipinski definition) is 2. The van der Waals surface area contributed by atoms with Gasteiger partial charge in [0.05, 0.1) is 5.56 Å². The van der Waals surface area contributed by atoms with Gasteiger partial charge in [0.2, 0.25) is 0 Å². The van der Waals surface area contributed by atoms with E-state index in [1.807, 2.05) is 18.2 Å². The second kappa shape index (κ2) is 5.69. The maximum absolute atomic E-state index is 10.5. The number of para-hydroxylation sites is 1. The molecule has 0 saturated carbocycles. The van der Waals surface area contributed by atoms with Gasteiger partial charge in [0.15, 0.2) is 5.88 Å². The van der Waals surface area contributed by atoms with Crippen LogP contribution in [-0.4, -0.2) is 23.2 Å². The van der Waals surface area contributed by atoms with Gasteiger partial charge in [-0.2, -0.15) is 0 Å². The molecule has 0 amide bonds. The Morgan fingerprint density at radius 1 is 0.960 bits per heavy atom. The lowest BCUT2D eigenvalue weighted by atomic mass is 9.97. The highest BCUT2D eigenvalue weighted by Crippen LogP contribution is 2.41. The van der Waals surface area contributed by atoms with Crippen LogP contribution in [0, 0.1) is 0 Å². The molecule has 0 spiro atoms. The molecule has 3 nitrogen and oxygen atoms in total. The lowest BCUT2D eigenvalue weighted by Gasteiger charge is -2.29. The number of H-pyrrole nitrogens is 1. The van der Waals surface area contributed by atoms with Gasteiger partial charge in [0, 0.05) is 29.7 Å². The Balaban J connectivity index is 1.55. The number of aromatic hydroxyl groups is 1. The average molecular weight is 330 g/mol. The van der Waals surface area contributed by atoms with Gasteiger partial charge < -0.3 is 15.0 Å². The zero-order chi connectivity index (χ0) is 16.8. The molecule has 1 saturated heterocycles. The first kappa shape index (κ1) is 14.6. The lowest BCUT2D eigenvalue weighted by Crippen LogP contribution is -2.29. The smallest absolute Gasteiger partial charge is 0.197 e. The van der Waals surface area contributed by atoms with Gasteiger partial charge in [-0.3, -0.25) is 0 Å². The summed E-state index contributed by atoms with van der Waals surface area (Å²) >= 11 is 0. The van der Waals surface area contributed by atoms with Crippen LogP contribution in [0.4, 0.5) is 5.69 Å². The second-order valence-corrected chi connectivity index (χ2v) is 7.11. The Kier molecular flexibility index (Phi) is 3.34. The second-order valence-electron chi connectivity index (χ2n) is 7.11. The molecule has 0 unspecified atom stereocenters. The van der Waals surface area contributed by atoms with E-state index in [9.17, 15) is 5.11 Å². The molecule has 1 fully saturated rings. The summed E-state index contributed by atoms with van der Waals surface area (Å²) in [5, 5.41) is 11.6. The Bertz CT molecular complexity index is 977. The van der Waals surface area contributed by atoms with Crippen LogP contribution in [0.2, 0.25) is 0 Å². The maximum atomic E-state index is 10.5. The number of anilines is 1. The van der Waals surface area contributed by atoms with E-state index in [2.05, 4.69) is 40.2 Å². The molecule has 0 radical (unpaired) electrons. The van der Waals surface area contributed by atoms with Crippen LogP contribution in [0.5, 0.6) is 5.88 Å². The zero-order valence-corrected chi connectivity index (χ0v) is 14.3. The Labute approximate surface area is 147 Å². The SMILES string of the molecule is Oc1[nH]c2ccccc2c1C1=CCc2cc(N3CCCCC3)ccc21. The topological polar surface area (TPSA) is 39.3 Å². The lowest BCUT2D eigenvalue weighted by molar-refractivity contribution is 0.457. The fourth-order valence-electron chi connectivity index (χ4n) is 4.32. The summed E-state index contributed by atoms with van der Waals surface area (Å²) in [5.41, 5.74) is 7.02. The number of nitrogens with zero attached hydrogens (tertiary/aromatic N) is 1. The molecule has 2 aromatic carbocycles. The number of fused-ring (bicyclic) bond motifs is 2. The molecule has 25 heavy (non-hydrogen) atoms. The minimum absolute atomic E-state index is 0.264. The Morgan fingerprint density at radius 2 is 1.80 bits per heavy atom. The molecule has 3 heteroatoms. The third-order valence-electron chi connectivity index (χ3n) is 5.58. The Morgan fingerprint density at radius 3 is 2.68 bits per heavy atom. The fourth-order valence-corrected chi connectivity index (χ4v) is 4.32. The number of nitrogens with one attached hydrogen (secondary N) is 1. The molecule has 1 aliphatic heterocycles. The number of aromatic amines is 1. The van der Waals surface area contributed by atoms with Crippen LogP contribution >= 0.6 is 0 Å². The van der Waals surface area contributed by atoms with Crippen LogP contribution in [-0.2, 0) is 6.42 Å². The minimum Gasteiger partial charge on any atom is -0.494 e. The van der Waals surface area contributed by atoms with Crippen molar-refractivity contribution in [3.8, 4) is 5.88 Å². The zero-order valence-electron chi connectivity index (χ0n) is 14.3. The fraction of sp³-hybridized carbons (Fsp3) is 0.273. The van der Waals surface area contributed by atoms with E-state index in [4.69, 9.17) is 0 Å². The van der Waals surface area contributed by atoms with Crippen molar-refractivity contribution in [3.63, 3.8) is 0 Å².